The quantitative estimate of drug-likeness (QED) is 0.848. The first kappa shape index (κ1) is 16.0. The maximum atomic E-state index is 9.44. The van der Waals surface area contributed by atoms with Gasteiger partial charge in [0.15, 0.2) is 0 Å². The molecule has 2 aromatic heterocycles. The highest BCUT2D eigenvalue weighted by molar-refractivity contribution is 7.09. The molecule has 0 aliphatic carbocycles. The molecule has 0 spiro atoms. The van der Waals surface area contributed by atoms with Crippen molar-refractivity contribution in [2.45, 2.75) is 45.8 Å². The molecule has 0 amide bonds. The summed E-state index contributed by atoms with van der Waals surface area (Å²) in [6.45, 7) is 4.43. The summed E-state index contributed by atoms with van der Waals surface area (Å²) in [5.74, 6) is 0.953. The van der Waals surface area contributed by atoms with E-state index in [-0.39, 0.29) is 6.61 Å². The molecule has 1 atom stereocenters. The molecule has 2 heterocycles. The van der Waals surface area contributed by atoms with E-state index >= 15 is 0 Å². The SMILES string of the molecule is CCCc1cc(CO)cc(N(C)C(C)Cc2cccs2)n1. The second kappa shape index (κ2) is 7.57. The van der Waals surface area contributed by atoms with Gasteiger partial charge in [0.05, 0.1) is 6.61 Å². The van der Waals surface area contributed by atoms with Gasteiger partial charge in [-0.3, -0.25) is 0 Å². The van der Waals surface area contributed by atoms with Crippen LogP contribution in [-0.2, 0) is 19.4 Å². The number of rotatable bonds is 7. The van der Waals surface area contributed by atoms with Gasteiger partial charge >= 0.3 is 0 Å². The van der Waals surface area contributed by atoms with Crippen LogP contribution in [0.25, 0.3) is 0 Å². The van der Waals surface area contributed by atoms with Crippen molar-refractivity contribution in [2.75, 3.05) is 11.9 Å². The van der Waals surface area contributed by atoms with Crippen LogP contribution < -0.4 is 4.90 Å². The Kier molecular flexibility index (Phi) is 5.76. The summed E-state index contributed by atoms with van der Waals surface area (Å²) in [6.07, 6.45) is 3.03. The van der Waals surface area contributed by atoms with E-state index in [0.29, 0.717) is 6.04 Å². The van der Waals surface area contributed by atoms with Gasteiger partial charge in [0.2, 0.25) is 0 Å². The lowest BCUT2D eigenvalue weighted by molar-refractivity contribution is 0.281. The molecule has 0 saturated heterocycles. The Morgan fingerprint density at radius 1 is 1.38 bits per heavy atom. The molecule has 1 N–H and O–H groups in total. The van der Waals surface area contributed by atoms with Gasteiger partial charge in [-0.2, -0.15) is 0 Å². The number of hydrogen-bond acceptors (Lipinski definition) is 4. The molecule has 0 aliphatic rings. The number of hydrogen-bond donors (Lipinski definition) is 1. The molecular weight excluding hydrogens is 280 g/mol. The third-order valence-electron chi connectivity index (χ3n) is 3.71. The van der Waals surface area contributed by atoms with Crippen molar-refractivity contribution in [3.05, 3.63) is 45.8 Å². The fourth-order valence-electron chi connectivity index (χ4n) is 2.37. The van der Waals surface area contributed by atoms with Crippen LogP contribution >= 0.6 is 11.3 Å². The Hall–Kier alpha value is -1.39. The second-order valence-electron chi connectivity index (χ2n) is 5.48. The molecular formula is C17H24N2OS. The summed E-state index contributed by atoms with van der Waals surface area (Å²) in [5.41, 5.74) is 2.01. The molecule has 114 valence electrons. The van der Waals surface area contributed by atoms with Crippen molar-refractivity contribution in [3.63, 3.8) is 0 Å². The second-order valence-corrected chi connectivity index (χ2v) is 6.51. The van der Waals surface area contributed by atoms with E-state index in [1.165, 1.54) is 4.88 Å². The van der Waals surface area contributed by atoms with Crippen LogP contribution in [0.15, 0.2) is 29.6 Å². The molecule has 0 bridgehead atoms. The third kappa shape index (κ3) is 4.29. The molecule has 0 radical (unpaired) electrons. The molecule has 0 aromatic carbocycles. The minimum Gasteiger partial charge on any atom is -0.392 e. The van der Waals surface area contributed by atoms with E-state index in [4.69, 9.17) is 4.98 Å². The predicted octanol–water partition coefficient (Wildman–Crippen LogP) is 3.66. The van der Waals surface area contributed by atoms with Crippen LogP contribution in [0.3, 0.4) is 0 Å². The Bertz CT molecular complexity index is 554. The van der Waals surface area contributed by atoms with E-state index < -0.39 is 0 Å². The van der Waals surface area contributed by atoms with Crippen LogP contribution in [0.2, 0.25) is 0 Å². The van der Waals surface area contributed by atoms with E-state index in [0.717, 1.165) is 36.3 Å². The molecule has 21 heavy (non-hydrogen) atoms. The molecule has 0 saturated carbocycles. The van der Waals surface area contributed by atoms with E-state index in [9.17, 15) is 5.11 Å². The zero-order chi connectivity index (χ0) is 15.2. The molecule has 1 unspecified atom stereocenters. The summed E-state index contributed by atoms with van der Waals surface area (Å²) in [7, 11) is 2.08. The summed E-state index contributed by atoms with van der Waals surface area (Å²) < 4.78 is 0. The largest absolute Gasteiger partial charge is 0.392 e. The monoisotopic (exact) mass is 304 g/mol. The fraction of sp³-hybridized carbons (Fsp3) is 0.471. The first-order valence-electron chi connectivity index (χ1n) is 7.50. The molecule has 3 nitrogen and oxygen atoms in total. The van der Waals surface area contributed by atoms with Gasteiger partial charge in [-0.05, 0) is 42.5 Å². The lowest BCUT2D eigenvalue weighted by Crippen LogP contribution is -2.31. The minimum atomic E-state index is 0.0688. The van der Waals surface area contributed by atoms with E-state index in [1.807, 2.05) is 12.1 Å². The van der Waals surface area contributed by atoms with Crippen molar-refractivity contribution >= 4 is 17.2 Å². The third-order valence-corrected chi connectivity index (χ3v) is 4.61. The van der Waals surface area contributed by atoms with Crippen LogP contribution in [0.1, 0.15) is 36.4 Å². The standard InChI is InChI=1S/C17H24N2OS/c1-4-6-15-10-14(12-20)11-17(18-15)19(3)13(2)9-16-7-5-8-21-16/h5,7-8,10-11,13,20H,4,6,9,12H2,1-3H3. The number of aromatic nitrogens is 1. The van der Waals surface area contributed by atoms with Gasteiger partial charge in [0.1, 0.15) is 5.82 Å². The lowest BCUT2D eigenvalue weighted by atomic mass is 10.1. The van der Waals surface area contributed by atoms with Gasteiger partial charge in [-0.15, -0.1) is 11.3 Å². The van der Waals surface area contributed by atoms with Crippen LogP contribution in [0.4, 0.5) is 5.82 Å². The summed E-state index contributed by atoms with van der Waals surface area (Å²) in [5, 5.41) is 11.6. The number of likely N-dealkylation sites (N-methyl/N-ethyl adjacent to an activating group) is 1. The van der Waals surface area contributed by atoms with Crippen molar-refractivity contribution in [1.82, 2.24) is 4.98 Å². The lowest BCUT2D eigenvalue weighted by Gasteiger charge is -2.26. The highest BCUT2D eigenvalue weighted by atomic mass is 32.1. The van der Waals surface area contributed by atoms with Crippen LogP contribution in [0, 0.1) is 0 Å². The maximum absolute atomic E-state index is 9.44. The van der Waals surface area contributed by atoms with Gasteiger partial charge in [-0.25, -0.2) is 4.98 Å². The number of aryl methyl sites for hydroxylation is 1. The Morgan fingerprint density at radius 3 is 2.81 bits per heavy atom. The normalized spacial score (nSPS) is 12.4. The first-order valence-corrected chi connectivity index (χ1v) is 8.38. The summed E-state index contributed by atoms with van der Waals surface area (Å²) in [6, 6.07) is 8.64. The summed E-state index contributed by atoms with van der Waals surface area (Å²) >= 11 is 1.80. The first-order chi connectivity index (χ1) is 10.1. The molecule has 2 rings (SSSR count). The minimum absolute atomic E-state index is 0.0688. The highest BCUT2D eigenvalue weighted by Gasteiger charge is 2.14. The van der Waals surface area contributed by atoms with Gasteiger partial charge in [-0.1, -0.05) is 19.4 Å². The molecule has 0 fully saturated rings. The van der Waals surface area contributed by atoms with Crippen molar-refractivity contribution < 1.29 is 5.11 Å². The van der Waals surface area contributed by atoms with Gasteiger partial charge in [0.25, 0.3) is 0 Å². The van der Waals surface area contributed by atoms with Crippen molar-refractivity contribution in [3.8, 4) is 0 Å². The van der Waals surface area contributed by atoms with Crippen LogP contribution in [-0.4, -0.2) is 23.2 Å². The zero-order valence-electron chi connectivity index (χ0n) is 13.0. The smallest absolute Gasteiger partial charge is 0.129 e. The number of nitrogens with zero attached hydrogens (tertiary/aromatic N) is 2. The topological polar surface area (TPSA) is 36.4 Å². The summed E-state index contributed by atoms with van der Waals surface area (Å²) in [4.78, 5) is 8.34. The Labute approximate surface area is 131 Å². The number of aliphatic hydroxyl groups is 1. The molecule has 0 aliphatic heterocycles. The van der Waals surface area contributed by atoms with Crippen LogP contribution in [0.5, 0.6) is 0 Å². The number of thiophene rings is 1. The zero-order valence-corrected chi connectivity index (χ0v) is 13.9. The highest BCUT2D eigenvalue weighted by Crippen LogP contribution is 2.20. The number of pyridine rings is 1. The predicted molar refractivity (Wildman–Crippen MR) is 90.0 cm³/mol. The van der Waals surface area contributed by atoms with Gasteiger partial charge < -0.3 is 10.0 Å². The van der Waals surface area contributed by atoms with Crippen molar-refractivity contribution in [1.29, 1.82) is 0 Å². The van der Waals surface area contributed by atoms with Crippen molar-refractivity contribution in [2.24, 2.45) is 0 Å². The Balaban J connectivity index is 2.16. The Morgan fingerprint density at radius 2 is 2.19 bits per heavy atom. The molecule has 2 aromatic rings. The fourth-order valence-corrected chi connectivity index (χ4v) is 3.20. The van der Waals surface area contributed by atoms with E-state index in [2.05, 4.69) is 43.3 Å². The average Bonchev–Trinajstić information content (AvgIpc) is 2.99. The van der Waals surface area contributed by atoms with Gasteiger partial charge in [0, 0.05) is 30.1 Å². The molecule has 4 heteroatoms. The van der Waals surface area contributed by atoms with E-state index in [1.54, 1.807) is 11.3 Å². The number of anilines is 1. The average molecular weight is 304 g/mol. The maximum Gasteiger partial charge on any atom is 0.129 e. The number of aliphatic hydroxyl groups excluding tert-OH is 1.